The molecular weight excluding hydrogens is 226 g/mol. The zero-order valence-electron chi connectivity index (χ0n) is 11.5. The first kappa shape index (κ1) is 13.8. The molecule has 104 valence electrons. The lowest BCUT2D eigenvalue weighted by molar-refractivity contribution is -0.121. The molecule has 3 N–H and O–H groups in total. The molecule has 1 aliphatic heterocycles. The summed E-state index contributed by atoms with van der Waals surface area (Å²) in [5.41, 5.74) is 2.22. The monoisotopic (exact) mass is 253 g/mol. The summed E-state index contributed by atoms with van der Waals surface area (Å²) in [7, 11) is 0. The Morgan fingerprint density at radius 2 is 2.06 bits per heavy atom. The highest BCUT2D eigenvalue weighted by atomic mass is 16.2. The second-order valence-electron chi connectivity index (χ2n) is 5.95. The first-order valence-corrected chi connectivity index (χ1v) is 7.47. The Morgan fingerprint density at radius 1 is 1.33 bits per heavy atom. The van der Waals surface area contributed by atoms with E-state index in [1.807, 2.05) is 0 Å². The molecule has 2 aliphatic rings. The van der Waals surface area contributed by atoms with Crippen LogP contribution in [0.15, 0.2) is 0 Å². The lowest BCUT2D eigenvalue weighted by Crippen LogP contribution is -2.41. The Balaban J connectivity index is 1.83. The van der Waals surface area contributed by atoms with E-state index in [1.54, 1.807) is 0 Å². The molecular formula is C14H27N3O. The van der Waals surface area contributed by atoms with Gasteiger partial charge in [0, 0.05) is 18.5 Å². The average Bonchev–Trinajstić information content (AvgIpc) is 3.04. The van der Waals surface area contributed by atoms with Gasteiger partial charge in [0.15, 0.2) is 0 Å². The third kappa shape index (κ3) is 3.23. The van der Waals surface area contributed by atoms with Crippen LogP contribution in [-0.4, -0.2) is 29.4 Å². The summed E-state index contributed by atoms with van der Waals surface area (Å²) >= 11 is 0. The van der Waals surface area contributed by atoms with Crippen LogP contribution in [0, 0.1) is 5.92 Å². The summed E-state index contributed by atoms with van der Waals surface area (Å²) in [6.07, 6.45) is 9.82. The summed E-state index contributed by atoms with van der Waals surface area (Å²) in [5.74, 6) is 6.00. The SMILES string of the molecule is CC(CCC(=O)NN)N1CCCC1C1CCCC1. The second-order valence-corrected chi connectivity index (χ2v) is 5.95. The number of nitrogens with two attached hydrogens (primary N) is 1. The molecule has 2 unspecified atom stereocenters. The van der Waals surface area contributed by atoms with Crippen molar-refractivity contribution in [1.29, 1.82) is 0 Å². The third-order valence-electron chi connectivity index (χ3n) is 4.80. The van der Waals surface area contributed by atoms with E-state index in [9.17, 15) is 4.79 Å². The molecule has 0 radical (unpaired) electrons. The first-order chi connectivity index (χ1) is 8.72. The van der Waals surface area contributed by atoms with E-state index in [4.69, 9.17) is 5.84 Å². The van der Waals surface area contributed by atoms with Gasteiger partial charge < -0.3 is 0 Å². The Bertz CT molecular complexity index is 276. The zero-order valence-corrected chi connectivity index (χ0v) is 11.5. The van der Waals surface area contributed by atoms with Crippen LogP contribution in [0.3, 0.4) is 0 Å². The van der Waals surface area contributed by atoms with Crippen molar-refractivity contribution in [2.45, 2.75) is 70.4 Å². The smallest absolute Gasteiger partial charge is 0.233 e. The predicted octanol–water partition coefficient (Wildman–Crippen LogP) is 1.80. The number of amides is 1. The Hall–Kier alpha value is -0.610. The lowest BCUT2D eigenvalue weighted by atomic mass is 9.95. The number of carbonyl (C=O) groups excluding carboxylic acids is 1. The molecule has 0 spiro atoms. The molecule has 2 rings (SSSR count). The average molecular weight is 253 g/mol. The normalized spacial score (nSPS) is 27.6. The molecule has 0 aromatic rings. The van der Waals surface area contributed by atoms with Gasteiger partial charge in [-0.05, 0) is 51.5 Å². The van der Waals surface area contributed by atoms with Crippen molar-refractivity contribution in [3.63, 3.8) is 0 Å². The Kier molecular flexibility index (Phi) is 5.01. The van der Waals surface area contributed by atoms with E-state index in [-0.39, 0.29) is 5.91 Å². The molecule has 1 saturated heterocycles. The maximum Gasteiger partial charge on any atom is 0.233 e. The van der Waals surface area contributed by atoms with Crippen molar-refractivity contribution in [1.82, 2.24) is 10.3 Å². The summed E-state index contributed by atoms with van der Waals surface area (Å²) in [5, 5.41) is 0. The van der Waals surface area contributed by atoms with Crippen LogP contribution < -0.4 is 11.3 Å². The van der Waals surface area contributed by atoms with Crippen LogP contribution in [0.25, 0.3) is 0 Å². The van der Waals surface area contributed by atoms with E-state index >= 15 is 0 Å². The molecule has 1 aliphatic carbocycles. The van der Waals surface area contributed by atoms with Crippen molar-refractivity contribution in [2.24, 2.45) is 11.8 Å². The molecule has 1 amide bonds. The predicted molar refractivity (Wildman–Crippen MR) is 72.7 cm³/mol. The molecule has 4 heteroatoms. The Morgan fingerprint density at radius 3 is 2.72 bits per heavy atom. The van der Waals surface area contributed by atoms with E-state index in [0.29, 0.717) is 12.5 Å². The third-order valence-corrected chi connectivity index (χ3v) is 4.80. The van der Waals surface area contributed by atoms with Gasteiger partial charge in [-0.2, -0.15) is 0 Å². The van der Waals surface area contributed by atoms with Crippen molar-refractivity contribution in [3.05, 3.63) is 0 Å². The van der Waals surface area contributed by atoms with Crippen LogP contribution in [0.5, 0.6) is 0 Å². The van der Waals surface area contributed by atoms with Crippen molar-refractivity contribution < 1.29 is 4.79 Å². The lowest BCUT2D eigenvalue weighted by Gasteiger charge is -2.34. The molecule has 0 aromatic heterocycles. The molecule has 1 saturated carbocycles. The molecule has 1 heterocycles. The number of rotatable bonds is 5. The highest BCUT2D eigenvalue weighted by Gasteiger charge is 2.35. The molecule has 18 heavy (non-hydrogen) atoms. The van der Waals surface area contributed by atoms with Gasteiger partial charge in [0.1, 0.15) is 0 Å². The maximum atomic E-state index is 11.2. The van der Waals surface area contributed by atoms with Crippen LogP contribution in [-0.2, 0) is 4.79 Å². The fourth-order valence-corrected chi connectivity index (χ4v) is 3.79. The van der Waals surface area contributed by atoms with Gasteiger partial charge in [-0.25, -0.2) is 5.84 Å². The topological polar surface area (TPSA) is 58.4 Å². The van der Waals surface area contributed by atoms with Crippen LogP contribution in [0.4, 0.5) is 0 Å². The minimum Gasteiger partial charge on any atom is -0.297 e. The molecule has 0 aromatic carbocycles. The van der Waals surface area contributed by atoms with Crippen LogP contribution in [0.1, 0.15) is 58.3 Å². The molecule has 2 atom stereocenters. The number of hydrazine groups is 1. The van der Waals surface area contributed by atoms with Crippen molar-refractivity contribution in [2.75, 3.05) is 6.54 Å². The summed E-state index contributed by atoms with van der Waals surface area (Å²) in [6, 6.07) is 1.29. The van der Waals surface area contributed by atoms with Crippen LogP contribution >= 0.6 is 0 Å². The number of likely N-dealkylation sites (tertiary alicyclic amines) is 1. The van der Waals surface area contributed by atoms with Gasteiger partial charge in [-0.15, -0.1) is 0 Å². The summed E-state index contributed by atoms with van der Waals surface area (Å²) < 4.78 is 0. The van der Waals surface area contributed by atoms with E-state index < -0.39 is 0 Å². The van der Waals surface area contributed by atoms with Crippen LogP contribution in [0.2, 0.25) is 0 Å². The Labute approximate surface area is 110 Å². The molecule has 0 bridgehead atoms. The fourth-order valence-electron chi connectivity index (χ4n) is 3.79. The van der Waals surface area contributed by atoms with Gasteiger partial charge in [0.05, 0.1) is 0 Å². The first-order valence-electron chi connectivity index (χ1n) is 7.47. The van der Waals surface area contributed by atoms with Gasteiger partial charge in [-0.1, -0.05) is 12.8 Å². The number of carbonyl (C=O) groups is 1. The van der Waals surface area contributed by atoms with Gasteiger partial charge in [-0.3, -0.25) is 15.1 Å². The quantitative estimate of drug-likeness (QED) is 0.446. The minimum atomic E-state index is -0.0431. The van der Waals surface area contributed by atoms with Crippen molar-refractivity contribution in [3.8, 4) is 0 Å². The number of hydrogen-bond acceptors (Lipinski definition) is 3. The minimum absolute atomic E-state index is 0.0431. The highest BCUT2D eigenvalue weighted by molar-refractivity contribution is 5.75. The standard InChI is InChI=1S/C14H27N3O/c1-11(8-9-14(18)16-15)17-10-4-7-13(17)12-5-2-3-6-12/h11-13H,2-10,15H2,1H3,(H,16,18). The maximum absolute atomic E-state index is 11.2. The van der Waals surface area contributed by atoms with Gasteiger partial charge in [0.25, 0.3) is 0 Å². The van der Waals surface area contributed by atoms with E-state index in [2.05, 4.69) is 17.2 Å². The van der Waals surface area contributed by atoms with Gasteiger partial charge in [0.2, 0.25) is 5.91 Å². The zero-order chi connectivity index (χ0) is 13.0. The molecule has 4 nitrogen and oxygen atoms in total. The number of nitrogens with zero attached hydrogens (tertiary/aromatic N) is 1. The summed E-state index contributed by atoms with van der Waals surface area (Å²) in [6.45, 7) is 3.48. The second kappa shape index (κ2) is 6.53. The highest BCUT2D eigenvalue weighted by Crippen LogP contribution is 2.36. The number of nitrogens with one attached hydrogen (secondary N) is 1. The van der Waals surface area contributed by atoms with E-state index in [1.165, 1.54) is 45.1 Å². The van der Waals surface area contributed by atoms with E-state index in [0.717, 1.165) is 18.4 Å². The summed E-state index contributed by atoms with van der Waals surface area (Å²) in [4.78, 5) is 13.9. The number of hydrogen-bond donors (Lipinski definition) is 2. The van der Waals surface area contributed by atoms with Crippen molar-refractivity contribution >= 4 is 5.91 Å². The van der Waals surface area contributed by atoms with Gasteiger partial charge >= 0.3 is 0 Å². The fraction of sp³-hybridized carbons (Fsp3) is 0.929. The molecule has 2 fully saturated rings. The largest absolute Gasteiger partial charge is 0.297 e.